The molecule has 104 valence electrons. The Kier molecular flexibility index (Phi) is 3.13. The SMILES string of the molecule is Cc1cccc(C(=O)O)c1Sc1n[nH]c(=O)n1C1CC1. The fraction of sp³-hybridized carbons (Fsp3) is 0.308. The van der Waals surface area contributed by atoms with Crippen molar-refractivity contribution in [2.24, 2.45) is 0 Å². The minimum atomic E-state index is -0.980. The third-order valence-corrected chi connectivity index (χ3v) is 4.44. The van der Waals surface area contributed by atoms with Crippen LogP contribution in [0.2, 0.25) is 0 Å². The maximum Gasteiger partial charge on any atom is 0.344 e. The lowest BCUT2D eigenvalue weighted by atomic mass is 10.1. The van der Waals surface area contributed by atoms with Gasteiger partial charge in [0, 0.05) is 10.9 Å². The zero-order valence-electron chi connectivity index (χ0n) is 10.8. The van der Waals surface area contributed by atoms with E-state index in [0.29, 0.717) is 10.1 Å². The largest absolute Gasteiger partial charge is 0.478 e. The van der Waals surface area contributed by atoms with Crippen LogP contribution in [0.5, 0.6) is 0 Å². The number of hydrogen-bond donors (Lipinski definition) is 2. The van der Waals surface area contributed by atoms with E-state index in [4.69, 9.17) is 0 Å². The highest BCUT2D eigenvalue weighted by Gasteiger charge is 2.29. The van der Waals surface area contributed by atoms with Crippen molar-refractivity contribution in [3.63, 3.8) is 0 Å². The number of H-pyrrole nitrogens is 1. The average Bonchev–Trinajstić information content (AvgIpc) is 3.17. The average molecular weight is 291 g/mol. The number of nitrogens with one attached hydrogen (secondary N) is 1. The number of carboxylic acids is 1. The molecule has 0 spiro atoms. The van der Waals surface area contributed by atoms with Crippen LogP contribution in [0.15, 0.2) is 33.0 Å². The second-order valence-electron chi connectivity index (χ2n) is 4.77. The number of aromatic amines is 1. The number of rotatable bonds is 4. The number of aryl methyl sites for hydroxylation is 1. The van der Waals surface area contributed by atoms with Gasteiger partial charge in [-0.2, -0.15) is 0 Å². The van der Waals surface area contributed by atoms with Gasteiger partial charge in [-0.3, -0.25) is 4.57 Å². The van der Waals surface area contributed by atoms with Gasteiger partial charge in [0.05, 0.1) is 5.56 Å². The van der Waals surface area contributed by atoms with Crippen LogP contribution < -0.4 is 5.69 Å². The molecule has 2 aromatic rings. The molecule has 1 aliphatic rings. The lowest BCUT2D eigenvalue weighted by Gasteiger charge is -2.09. The van der Waals surface area contributed by atoms with Crippen molar-refractivity contribution in [1.82, 2.24) is 14.8 Å². The Morgan fingerprint density at radius 3 is 2.90 bits per heavy atom. The van der Waals surface area contributed by atoms with Crippen molar-refractivity contribution < 1.29 is 9.90 Å². The van der Waals surface area contributed by atoms with Crippen molar-refractivity contribution in [1.29, 1.82) is 0 Å². The van der Waals surface area contributed by atoms with Crippen LogP contribution in [0, 0.1) is 6.92 Å². The maximum absolute atomic E-state index is 11.7. The molecule has 1 fully saturated rings. The third-order valence-electron chi connectivity index (χ3n) is 3.22. The summed E-state index contributed by atoms with van der Waals surface area (Å²) in [6.45, 7) is 1.85. The Hall–Kier alpha value is -2.02. The van der Waals surface area contributed by atoms with Crippen molar-refractivity contribution in [3.05, 3.63) is 39.8 Å². The number of carboxylic acid groups (broad SMARTS) is 1. The molecule has 1 heterocycles. The summed E-state index contributed by atoms with van der Waals surface area (Å²) in [5.41, 5.74) is 0.848. The Morgan fingerprint density at radius 2 is 2.25 bits per heavy atom. The van der Waals surface area contributed by atoms with Crippen LogP contribution in [-0.4, -0.2) is 25.8 Å². The first kappa shape index (κ1) is 13.0. The summed E-state index contributed by atoms with van der Waals surface area (Å²) >= 11 is 1.22. The van der Waals surface area contributed by atoms with E-state index in [-0.39, 0.29) is 17.3 Å². The van der Waals surface area contributed by atoms with Gasteiger partial charge in [0.15, 0.2) is 5.16 Å². The zero-order valence-corrected chi connectivity index (χ0v) is 11.6. The normalized spacial score (nSPS) is 14.4. The fourth-order valence-corrected chi connectivity index (χ4v) is 3.16. The topological polar surface area (TPSA) is 88.0 Å². The van der Waals surface area contributed by atoms with Crippen LogP contribution >= 0.6 is 11.8 Å². The first-order valence-electron chi connectivity index (χ1n) is 6.25. The minimum absolute atomic E-state index is 0.195. The standard InChI is InChI=1S/C13H13N3O3S/c1-7-3-2-4-9(11(17)18)10(7)20-13-15-14-12(19)16(13)8-5-6-8/h2-4,8H,5-6H2,1H3,(H,14,19)(H,17,18). The number of benzene rings is 1. The Bertz CT molecular complexity index is 731. The second kappa shape index (κ2) is 4.82. The zero-order chi connectivity index (χ0) is 14.3. The molecule has 20 heavy (non-hydrogen) atoms. The lowest BCUT2D eigenvalue weighted by molar-refractivity contribution is 0.0693. The summed E-state index contributed by atoms with van der Waals surface area (Å²) in [4.78, 5) is 23.6. The molecule has 0 aliphatic heterocycles. The van der Waals surface area contributed by atoms with Crippen molar-refractivity contribution >= 4 is 17.7 Å². The van der Waals surface area contributed by atoms with Crippen molar-refractivity contribution in [2.75, 3.05) is 0 Å². The van der Waals surface area contributed by atoms with Gasteiger partial charge in [-0.15, -0.1) is 5.10 Å². The van der Waals surface area contributed by atoms with E-state index in [9.17, 15) is 14.7 Å². The summed E-state index contributed by atoms with van der Waals surface area (Å²) in [5, 5.41) is 16.2. The number of aromatic nitrogens is 3. The number of aromatic carboxylic acids is 1. The predicted octanol–water partition coefficient (Wildman–Crippen LogP) is 2.06. The van der Waals surface area contributed by atoms with E-state index in [2.05, 4.69) is 10.2 Å². The van der Waals surface area contributed by atoms with Crippen LogP contribution in [0.1, 0.15) is 34.8 Å². The summed E-state index contributed by atoms with van der Waals surface area (Å²) in [7, 11) is 0. The Morgan fingerprint density at radius 1 is 1.50 bits per heavy atom. The highest BCUT2D eigenvalue weighted by molar-refractivity contribution is 7.99. The molecule has 7 heteroatoms. The summed E-state index contributed by atoms with van der Waals surface area (Å²) in [6, 6.07) is 5.31. The molecular formula is C13H13N3O3S. The molecule has 0 unspecified atom stereocenters. The van der Waals surface area contributed by atoms with Crippen molar-refractivity contribution in [2.45, 2.75) is 35.9 Å². The Labute approximate surface area is 118 Å². The predicted molar refractivity (Wildman–Crippen MR) is 73.4 cm³/mol. The molecule has 1 aliphatic carbocycles. The first-order valence-corrected chi connectivity index (χ1v) is 7.07. The molecule has 0 saturated heterocycles. The molecular weight excluding hydrogens is 278 g/mol. The molecule has 0 atom stereocenters. The van der Waals surface area contributed by atoms with Gasteiger partial charge in [0.2, 0.25) is 0 Å². The molecule has 1 aromatic carbocycles. The summed E-state index contributed by atoms with van der Waals surface area (Å²) in [6.07, 6.45) is 1.93. The molecule has 0 amide bonds. The number of carbonyl (C=O) groups is 1. The molecule has 3 rings (SSSR count). The van der Waals surface area contributed by atoms with Crippen LogP contribution in [0.25, 0.3) is 0 Å². The molecule has 0 bridgehead atoms. The number of hydrogen-bond acceptors (Lipinski definition) is 4. The van der Waals surface area contributed by atoms with Gasteiger partial charge in [0.25, 0.3) is 0 Å². The van der Waals surface area contributed by atoms with Gasteiger partial charge in [-0.1, -0.05) is 12.1 Å². The smallest absolute Gasteiger partial charge is 0.344 e. The van der Waals surface area contributed by atoms with E-state index < -0.39 is 5.97 Å². The van der Waals surface area contributed by atoms with E-state index in [1.807, 2.05) is 13.0 Å². The highest BCUT2D eigenvalue weighted by Crippen LogP contribution is 2.39. The minimum Gasteiger partial charge on any atom is -0.478 e. The van der Waals surface area contributed by atoms with Gasteiger partial charge < -0.3 is 5.11 Å². The van der Waals surface area contributed by atoms with Crippen LogP contribution in [0.4, 0.5) is 0 Å². The van der Waals surface area contributed by atoms with E-state index in [0.717, 1.165) is 18.4 Å². The molecule has 1 saturated carbocycles. The van der Waals surface area contributed by atoms with Gasteiger partial charge in [-0.25, -0.2) is 14.7 Å². The first-order chi connectivity index (χ1) is 9.58. The van der Waals surface area contributed by atoms with Gasteiger partial charge >= 0.3 is 11.7 Å². The van der Waals surface area contributed by atoms with E-state index >= 15 is 0 Å². The maximum atomic E-state index is 11.7. The lowest BCUT2D eigenvalue weighted by Crippen LogP contribution is -2.16. The molecule has 1 aromatic heterocycles. The summed E-state index contributed by atoms with van der Waals surface area (Å²) < 4.78 is 1.61. The van der Waals surface area contributed by atoms with Crippen LogP contribution in [0.3, 0.4) is 0 Å². The molecule has 6 nitrogen and oxygen atoms in total. The molecule has 0 radical (unpaired) electrons. The van der Waals surface area contributed by atoms with Crippen LogP contribution in [-0.2, 0) is 0 Å². The monoisotopic (exact) mass is 291 g/mol. The quantitative estimate of drug-likeness (QED) is 0.900. The summed E-state index contributed by atoms with van der Waals surface area (Å²) in [5.74, 6) is -0.980. The van der Waals surface area contributed by atoms with Gasteiger partial charge in [0.1, 0.15) is 0 Å². The second-order valence-corrected chi connectivity index (χ2v) is 5.75. The van der Waals surface area contributed by atoms with Gasteiger partial charge in [-0.05, 0) is 43.2 Å². The molecule has 2 N–H and O–H groups in total. The highest BCUT2D eigenvalue weighted by atomic mass is 32.2. The number of nitrogens with zero attached hydrogens (tertiary/aromatic N) is 2. The Balaban J connectivity index is 2.04. The van der Waals surface area contributed by atoms with E-state index in [1.165, 1.54) is 11.8 Å². The third kappa shape index (κ3) is 2.24. The fourth-order valence-electron chi connectivity index (χ4n) is 2.06. The van der Waals surface area contributed by atoms with E-state index in [1.54, 1.807) is 16.7 Å². The van der Waals surface area contributed by atoms with Crippen molar-refractivity contribution in [3.8, 4) is 0 Å².